The van der Waals surface area contributed by atoms with E-state index in [1.807, 2.05) is 30.0 Å². The lowest BCUT2D eigenvalue weighted by atomic mass is 10.2. The van der Waals surface area contributed by atoms with Crippen molar-refractivity contribution in [3.05, 3.63) is 29.8 Å². The van der Waals surface area contributed by atoms with E-state index in [1.165, 1.54) is 19.4 Å². The second-order valence-corrected chi connectivity index (χ2v) is 4.97. The SMILES string of the molecule is Oc1ccccc1CSCC1CCCN1. The molecule has 3 heteroatoms. The van der Waals surface area contributed by atoms with Crippen molar-refractivity contribution in [1.82, 2.24) is 5.32 Å². The van der Waals surface area contributed by atoms with Gasteiger partial charge in [-0.15, -0.1) is 0 Å². The van der Waals surface area contributed by atoms with Crippen LogP contribution in [0.2, 0.25) is 0 Å². The summed E-state index contributed by atoms with van der Waals surface area (Å²) in [7, 11) is 0. The molecule has 1 atom stereocenters. The maximum atomic E-state index is 9.57. The van der Waals surface area contributed by atoms with Gasteiger partial charge in [-0.1, -0.05) is 18.2 Å². The van der Waals surface area contributed by atoms with Crippen LogP contribution in [-0.4, -0.2) is 23.4 Å². The topological polar surface area (TPSA) is 32.3 Å². The highest BCUT2D eigenvalue weighted by Crippen LogP contribution is 2.22. The molecule has 1 heterocycles. The van der Waals surface area contributed by atoms with Gasteiger partial charge in [0.05, 0.1) is 0 Å². The van der Waals surface area contributed by atoms with Gasteiger partial charge >= 0.3 is 0 Å². The Morgan fingerprint density at radius 3 is 3.00 bits per heavy atom. The van der Waals surface area contributed by atoms with Crippen LogP contribution in [0, 0.1) is 0 Å². The van der Waals surface area contributed by atoms with Gasteiger partial charge in [-0.25, -0.2) is 0 Å². The summed E-state index contributed by atoms with van der Waals surface area (Å²) < 4.78 is 0. The molecule has 0 aromatic heterocycles. The number of hydrogen-bond acceptors (Lipinski definition) is 3. The number of thioether (sulfide) groups is 1. The summed E-state index contributed by atoms with van der Waals surface area (Å²) in [6.45, 7) is 1.17. The molecule has 1 aromatic carbocycles. The first kappa shape index (κ1) is 10.8. The second-order valence-electron chi connectivity index (χ2n) is 3.94. The number of rotatable bonds is 4. The molecule has 0 spiro atoms. The Morgan fingerprint density at radius 1 is 1.40 bits per heavy atom. The van der Waals surface area contributed by atoms with Crippen molar-refractivity contribution in [1.29, 1.82) is 0 Å². The number of benzene rings is 1. The minimum absolute atomic E-state index is 0.421. The van der Waals surface area contributed by atoms with E-state index in [2.05, 4.69) is 5.32 Å². The van der Waals surface area contributed by atoms with Gasteiger partial charge in [0.25, 0.3) is 0 Å². The summed E-state index contributed by atoms with van der Waals surface area (Å²) in [5, 5.41) is 13.0. The molecule has 1 aliphatic heterocycles. The van der Waals surface area contributed by atoms with E-state index in [9.17, 15) is 5.11 Å². The lowest BCUT2D eigenvalue weighted by Gasteiger charge is -2.09. The van der Waals surface area contributed by atoms with Gasteiger partial charge in [-0.05, 0) is 25.5 Å². The molecule has 0 saturated carbocycles. The summed E-state index contributed by atoms with van der Waals surface area (Å²) in [4.78, 5) is 0. The van der Waals surface area contributed by atoms with Gasteiger partial charge in [0.2, 0.25) is 0 Å². The first-order chi connectivity index (χ1) is 7.36. The highest BCUT2D eigenvalue weighted by Gasteiger charge is 2.13. The van der Waals surface area contributed by atoms with Crippen LogP contribution >= 0.6 is 11.8 Å². The van der Waals surface area contributed by atoms with Gasteiger partial charge in [0.1, 0.15) is 5.75 Å². The van der Waals surface area contributed by atoms with Crippen molar-refractivity contribution in [3.8, 4) is 5.75 Å². The third kappa shape index (κ3) is 3.14. The molecule has 0 amide bonds. The first-order valence-corrected chi connectivity index (χ1v) is 6.60. The number of hydrogen-bond donors (Lipinski definition) is 2. The molecule has 82 valence electrons. The van der Waals surface area contributed by atoms with Crippen LogP contribution < -0.4 is 5.32 Å². The fourth-order valence-electron chi connectivity index (χ4n) is 1.84. The van der Waals surface area contributed by atoms with Crippen molar-refractivity contribution >= 4 is 11.8 Å². The molecule has 0 radical (unpaired) electrons. The number of phenolic OH excluding ortho intramolecular Hbond substituents is 1. The zero-order valence-corrected chi connectivity index (χ0v) is 9.59. The fraction of sp³-hybridized carbons (Fsp3) is 0.500. The summed E-state index contributed by atoms with van der Waals surface area (Å²) in [6, 6.07) is 8.26. The summed E-state index contributed by atoms with van der Waals surface area (Å²) >= 11 is 1.90. The summed E-state index contributed by atoms with van der Waals surface area (Å²) in [6.07, 6.45) is 2.61. The number of nitrogens with one attached hydrogen (secondary N) is 1. The molecular weight excluding hydrogens is 206 g/mol. The van der Waals surface area contributed by atoms with E-state index in [4.69, 9.17) is 0 Å². The van der Waals surface area contributed by atoms with Crippen LogP contribution in [0.1, 0.15) is 18.4 Å². The third-order valence-corrected chi connectivity index (χ3v) is 3.88. The minimum atomic E-state index is 0.421. The standard InChI is InChI=1S/C12H17NOS/c14-12-6-2-1-4-10(12)8-15-9-11-5-3-7-13-11/h1-2,4,6,11,13-14H,3,5,7-9H2. The monoisotopic (exact) mass is 223 g/mol. The minimum Gasteiger partial charge on any atom is -0.508 e. The van der Waals surface area contributed by atoms with Crippen LogP contribution in [-0.2, 0) is 5.75 Å². The maximum Gasteiger partial charge on any atom is 0.119 e. The largest absolute Gasteiger partial charge is 0.508 e. The average Bonchev–Trinajstić information content (AvgIpc) is 2.74. The van der Waals surface area contributed by atoms with Crippen LogP contribution in [0.15, 0.2) is 24.3 Å². The number of aromatic hydroxyl groups is 1. The van der Waals surface area contributed by atoms with Gasteiger partial charge in [-0.3, -0.25) is 0 Å². The smallest absolute Gasteiger partial charge is 0.119 e. The van der Waals surface area contributed by atoms with Gasteiger partial charge in [0, 0.05) is 23.1 Å². The zero-order valence-electron chi connectivity index (χ0n) is 8.78. The molecule has 2 rings (SSSR count). The van der Waals surface area contributed by atoms with E-state index >= 15 is 0 Å². The van der Waals surface area contributed by atoms with Crippen molar-refractivity contribution in [3.63, 3.8) is 0 Å². The predicted molar refractivity (Wildman–Crippen MR) is 65.3 cm³/mol. The first-order valence-electron chi connectivity index (χ1n) is 5.44. The van der Waals surface area contributed by atoms with E-state index in [-0.39, 0.29) is 0 Å². The van der Waals surface area contributed by atoms with Gasteiger partial charge < -0.3 is 10.4 Å². The van der Waals surface area contributed by atoms with E-state index in [0.717, 1.165) is 17.1 Å². The predicted octanol–water partition coefficient (Wildman–Crippen LogP) is 2.38. The lowest BCUT2D eigenvalue weighted by molar-refractivity contribution is 0.470. The Hall–Kier alpha value is -0.670. The molecule has 1 unspecified atom stereocenters. The summed E-state index contributed by atoms with van der Waals surface area (Å²) in [5.41, 5.74) is 1.04. The van der Waals surface area contributed by atoms with Crippen molar-refractivity contribution in [2.75, 3.05) is 12.3 Å². The average molecular weight is 223 g/mol. The van der Waals surface area contributed by atoms with E-state index in [0.29, 0.717) is 11.8 Å². The molecule has 0 aliphatic carbocycles. The Morgan fingerprint density at radius 2 is 2.27 bits per heavy atom. The quantitative estimate of drug-likeness (QED) is 0.822. The maximum absolute atomic E-state index is 9.57. The van der Waals surface area contributed by atoms with Crippen LogP contribution in [0.3, 0.4) is 0 Å². The van der Waals surface area contributed by atoms with E-state index < -0.39 is 0 Å². The molecule has 2 N–H and O–H groups in total. The molecule has 15 heavy (non-hydrogen) atoms. The Labute approximate surface area is 95.1 Å². The number of phenols is 1. The normalized spacial score (nSPS) is 20.7. The molecule has 0 bridgehead atoms. The molecule has 1 aliphatic rings. The fourth-order valence-corrected chi connectivity index (χ4v) is 2.99. The van der Waals surface area contributed by atoms with Crippen molar-refractivity contribution in [2.24, 2.45) is 0 Å². The second kappa shape index (κ2) is 5.42. The number of para-hydroxylation sites is 1. The Balaban J connectivity index is 1.75. The lowest BCUT2D eigenvalue weighted by Crippen LogP contribution is -2.23. The van der Waals surface area contributed by atoms with Crippen LogP contribution in [0.5, 0.6) is 5.75 Å². The van der Waals surface area contributed by atoms with Gasteiger partial charge in [-0.2, -0.15) is 11.8 Å². The van der Waals surface area contributed by atoms with E-state index in [1.54, 1.807) is 6.07 Å². The molecule has 2 nitrogen and oxygen atoms in total. The van der Waals surface area contributed by atoms with Crippen LogP contribution in [0.25, 0.3) is 0 Å². The highest BCUT2D eigenvalue weighted by molar-refractivity contribution is 7.98. The Kier molecular flexibility index (Phi) is 3.92. The molecule has 1 fully saturated rings. The summed E-state index contributed by atoms with van der Waals surface area (Å²) in [5.74, 6) is 2.48. The third-order valence-electron chi connectivity index (χ3n) is 2.73. The van der Waals surface area contributed by atoms with Crippen molar-refractivity contribution in [2.45, 2.75) is 24.6 Å². The van der Waals surface area contributed by atoms with Gasteiger partial charge in [0.15, 0.2) is 0 Å². The highest BCUT2D eigenvalue weighted by atomic mass is 32.2. The van der Waals surface area contributed by atoms with Crippen LogP contribution in [0.4, 0.5) is 0 Å². The molecule has 1 aromatic rings. The molecular formula is C12H17NOS. The Bertz CT molecular complexity index is 310. The molecule has 1 saturated heterocycles. The zero-order chi connectivity index (χ0) is 10.5. The van der Waals surface area contributed by atoms with Crippen molar-refractivity contribution < 1.29 is 5.11 Å².